The predicted molar refractivity (Wildman–Crippen MR) is 94.4 cm³/mol. The van der Waals surface area contributed by atoms with Crippen molar-refractivity contribution in [3.8, 4) is 0 Å². The Kier molecular flexibility index (Phi) is 5.76. The first-order valence-electron chi connectivity index (χ1n) is 9.60. The number of carboxylic acids is 1. The molecular weight excluding hydrogens is 318 g/mol. The Balaban J connectivity index is 1.47. The van der Waals surface area contributed by atoms with Crippen molar-refractivity contribution in [1.29, 1.82) is 0 Å². The average molecular weight is 347 g/mol. The number of carboxylic acid groups (broad SMARTS) is 1. The molecule has 1 N–H and O–H groups in total. The van der Waals surface area contributed by atoms with Crippen molar-refractivity contribution in [2.75, 3.05) is 13.1 Å². The van der Waals surface area contributed by atoms with Crippen LogP contribution in [-0.2, 0) is 4.79 Å². The normalized spacial score (nSPS) is 21.2. The number of hydrogen-bond acceptors (Lipinski definition) is 3. The Labute approximate surface area is 149 Å². The summed E-state index contributed by atoms with van der Waals surface area (Å²) >= 11 is 0. The third-order valence-corrected chi connectivity index (χ3v) is 5.99. The van der Waals surface area contributed by atoms with E-state index in [2.05, 4.69) is 12.0 Å². The molecule has 1 aliphatic carbocycles. The molecule has 0 radical (unpaired) electrons. The standard InChI is InChI=1S/C19H29N3O3/c1-14(15-5-3-2-4-6-15)11-18(23)21-9-7-17(8-10-21)22-13-16(12-20-22)19(24)25/h12-15,17H,2-11H2,1H3,(H,24,25). The lowest BCUT2D eigenvalue weighted by atomic mass is 9.79. The van der Waals surface area contributed by atoms with E-state index in [0.717, 1.165) is 25.9 Å². The summed E-state index contributed by atoms with van der Waals surface area (Å²) in [6, 6.07) is 0.188. The van der Waals surface area contributed by atoms with Gasteiger partial charge in [0.2, 0.25) is 5.91 Å². The summed E-state index contributed by atoms with van der Waals surface area (Å²) in [5.74, 6) is 0.530. The predicted octanol–water partition coefficient (Wildman–Crippen LogP) is 3.35. The van der Waals surface area contributed by atoms with Crippen molar-refractivity contribution in [3.63, 3.8) is 0 Å². The minimum atomic E-state index is -0.949. The Morgan fingerprint density at radius 2 is 1.88 bits per heavy atom. The fraction of sp³-hybridized carbons (Fsp3) is 0.737. The lowest BCUT2D eigenvalue weighted by Crippen LogP contribution is -2.40. The minimum Gasteiger partial charge on any atom is -0.478 e. The molecule has 1 aliphatic heterocycles. The van der Waals surface area contributed by atoms with Crippen LogP contribution >= 0.6 is 0 Å². The van der Waals surface area contributed by atoms with Crippen molar-refractivity contribution in [1.82, 2.24) is 14.7 Å². The zero-order valence-corrected chi connectivity index (χ0v) is 15.1. The van der Waals surface area contributed by atoms with Gasteiger partial charge in [-0.1, -0.05) is 39.0 Å². The lowest BCUT2D eigenvalue weighted by Gasteiger charge is -2.34. The van der Waals surface area contributed by atoms with Gasteiger partial charge >= 0.3 is 5.97 Å². The van der Waals surface area contributed by atoms with Crippen LogP contribution in [0.15, 0.2) is 12.4 Å². The maximum Gasteiger partial charge on any atom is 0.338 e. The van der Waals surface area contributed by atoms with Gasteiger partial charge in [0.1, 0.15) is 0 Å². The van der Waals surface area contributed by atoms with Crippen LogP contribution in [0.5, 0.6) is 0 Å². The summed E-state index contributed by atoms with van der Waals surface area (Å²) in [6.07, 6.45) is 11.9. The van der Waals surface area contributed by atoms with E-state index in [1.807, 2.05) is 4.90 Å². The van der Waals surface area contributed by atoms with Gasteiger partial charge in [-0.05, 0) is 24.7 Å². The second kappa shape index (κ2) is 8.02. The molecule has 1 unspecified atom stereocenters. The average Bonchev–Trinajstić information content (AvgIpc) is 3.13. The topological polar surface area (TPSA) is 75.4 Å². The van der Waals surface area contributed by atoms with Gasteiger partial charge < -0.3 is 10.0 Å². The molecule has 6 heteroatoms. The van der Waals surface area contributed by atoms with E-state index in [0.29, 0.717) is 18.3 Å². The molecule has 0 bridgehead atoms. The highest BCUT2D eigenvalue weighted by Crippen LogP contribution is 2.32. The number of nitrogens with zero attached hydrogens (tertiary/aromatic N) is 3. The van der Waals surface area contributed by atoms with Crippen LogP contribution in [0.25, 0.3) is 0 Å². The van der Waals surface area contributed by atoms with Crippen LogP contribution in [0.1, 0.15) is 74.7 Å². The van der Waals surface area contributed by atoms with Crippen LogP contribution in [0.4, 0.5) is 0 Å². The van der Waals surface area contributed by atoms with Crippen molar-refractivity contribution in [2.45, 2.75) is 64.3 Å². The maximum atomic E-state index is 12.6. The number of aromatic carboxylic acids is 1. The van der Waals surface area contributed by atoms with Gasteiger partial charge in [-0.25, -0.2) is 4.79 Å². The van der Waals surface area contributed by atoms with Crippen LogP contribution in [0.3, 0.4) is 0 Å². The van der Waals surface area contributed by atoms with Crippen LogP contribution in [0.2, 0.25) is 0 Å². The van der Waals surface area contributed by atoms with Crippen LogP contribution in [0, 0.1) is 11.8 Å². The highest BCUT2D eigenvalue weighted by atomic mass is 16.4. The van der Waals surface area contributed by atoms with Crippen molar-refractivity contribution in [3.05, 3.63) is 18.0 Å². The second-order valence-electron chi connectivity index (χ2n) is 7.71. The van der Waals surface area contributed by atoms with Crippen molar-refractivity contribution >= 4 is 11.9 Å². The molecule has 1 aromatic rings. The highest BCUT2D eigenvalue weighted by Gasteiger charge is 2.28. The number of rotatable bonds is 5. The number of aromatic nitrogens is 2. The molecule has 25 heavy (non-hydrogen) atoms. The Morgan fingerprint density at radius 1 is 1.20 bits per heavy atom. The van der Waals surface area contributed by atoms with E-state index in [9.17, 15) is 9.59 Å². The summed E-state index contributed by atoms with van der Waals surface area (Å²) in [6.45, 7) is 3.71. The molecule has 138 valence electrons. The van der Waals surface area contributed by atoms with Gasteiger partial charge in [0.15, 0.2) is 0 Å². The van der Waals surface area contributed by atoms with E-state index in [4.69, 9.17) is 5.11 Å². The monoisotopic (exact) mass is 347 g/mol. The zero-order chi connectivity index (χ0) is 17.8. The number of likely N-dealkylation sites (tertiary alicyclic amines) is 1. The van der Waals surface area contributed by atoms with E-state index in [1.165, 1.54) is 38.3 Å². The molecule has 1 aromatic heterocycles. The Hall–Kier alpha value is -1.85. The third kappa shape index (κ3) is 4.41. The number of carbonyl (C=O) groups excluding carboxylic acids is 1. The van der Waals surface area contributed by atoms with Gasteiger partial charge in [-0.3, -0.25) is 9.48 Å². The fourth-order valence-electron chi connectivity index (χ4n) is 4.30. The van der Waals surface area contributed by atoms with Crippen molar-refractivity contribution < 1.29 is 14.7 Å². The molecule has 1 amide bonds. The van der Waals surface area contributed by atoms with Gasteiger partial charge in [0.05, 0.1) is 17.8 Å². The largest absolute Gasteiger partial charge is 0.478 e. The maximum absolute atomic E-state index is 12.6. The highest BCUT2D eigenvalue weighted by molar-refractivity contribution is 5.86. The summed E-state index contributed by atoms with van der Waals surface area (Å²) in [5.41, 5.74) is 0.222. The van der Waals surface area contributed by atoms with Gasteiger partial charge in [0.25, 0.3) is 0 Å². The summed E-state index contributed by atoms with van der Waals surface area (Å²) in [5, 5.41) is 13.2. The van der Waals surface area contributed by atoms with Crippen molar-refractivity contribution in [2.24, 2.45) is 11.8 Å². The first-order chi connectivity index (χ1) is 12.0. The number of piperidine rings is 1. The Morgan fingerprint density at radius 3 is 2.48 bits per heavy atom. The van der Waals surface area contributed by atoms with E-state index in [1.54, 1.807) is 10.9 Å². The number of amides is 1. The second-order valence-corrected chi connectivity index (χ2v) is 7.71. The zero-order valence-electron chi connectivity index (χ0n) is 15.1. The molecule has 1 atom stereocenters. The molecule has 2 aliphatic rings. The first-order valence-corrected chi connectivity index (χ1v) is 9.60. The van der Waals surface area contributed by atoms with E-state index >= 15 is 0 Å². The molecule has 2 heterocycles. The lowest BCUT2D eigenvalue weighted by molar-refractivity contribution is -0.133. The minimum absolute atomic E-state index is 0.188. The quantitative estimate of drug-likeness (QED) is 0.886. The van der Waals surface area contributed by atoms with Crippen LogP contribution in [-0.4, -0.2) is 44.8 Å². The smallest absolute Gasteiger partial charge is 0.338 e. The molecule has 0 spiro atoms. The fourth-order valence-corrected chi connectivity index (χ4v) is 4.30. The molecule has 2 fully saturated rings. The molecule has 1 saturated carbocycles. The molecular formula is C19H29N3O3. The molecule has 3 rings (SSSR count). The summed E-state index contributed by atoms with van der Waals surface area (Å²) < 4.78 is 1.75. The van der Waals surface area contributed by atoms with Gasteiger partial charge in [-0.2, -0.15) is 5.10 Å². The summed E-state index contributed by atoms with van der Waals surface area (Å²) in [7, 11) is 0. The van der Waals surface area contributed by atoms with Gasteiger partial charge in [0, 0.05) is 25.7 Å². The Bertz CT molecular complexity index is 599. The first kappa shape index (κ1) is 18.0. The SMILES string of the molecule is CC(CC(=O)N1CCC(n2cc(C(=O)O)cn2)CC1)C1CCCCC1. The van der Waals surface area contributed by atoms with Crippen LogP contribution < -0.4 is 0 Å². The van der Waals surface area contributed by atoms with E-state index in [-0.39, 0.29) is 17.5 Å². The van der Waals surface area contributed by atoms with Gasteiger partial charge in [-0.15, -0.1) is 0 Å². The molecule has 6 nitrogen and oxygen atoms in total. The molecule has 1 saturated heterocycles. The summed E-state index contributed by atoms with van der Waals surface area (Å²) in [4.78, 5) is 25.6. The molecule has 0 aromatic carbocycles. The third-order valence-electron chi connectivity index (χ3n) is 5.99. The van der Waals surface area contributed by atoms with E-state index < -0.39 is 5.97 Å². The number of hydrogen-bond donors (Lipinski definition) is 1. The number of carbonyl (C=O) groups is 2.